The highest BCUT2D eigenvalue weighted by atomic mass is 32.2. The van der Waals surface area contributed by atoms with Crippen molar-refractivity contribution in [2.75, 3.05) is 18.8 Å². The van der Waals surface area contributed by atoms with E-state index in [1.807, 2.05) is 6.92 Å². The van der Waals surface area contributed by atoms with Crippen molar-refractivity contribution in [2.45, 2.75) is 19.9 Å². The van der Waals surface area contributed by atoms with Crippen LogP contribution < -0.4 is 10.0 Å². The van der Waals surface area contributed by atoms with Crippen molar-refractivity contribution < 1.29 is 8.42 Å². The summed E-state index contributed by atoms with van der Waals surface area (Å²) in [7, 11) is -1.40. The summed E-state index contributed by atoms with van der Waals surface area (Å²) in [5.74, 6) is 0.151. The van der Waals surface area contributed by atoms with Gasteiger partial charge in [-0.25, -0.2) is 13.1 Å². The van der Waals surface area contributed by atoms with Gasteiger partial charge in [0, 0.05) is 13.2 Å². The Morgan fingerprint density at radius 1 is 1.47 bits per heavy atom. The molecule has 98 valence electrons. The molecule has 0 unspecified atom stereocenters. The number of nitrogens with one attached hydrogen (secondary N) is 2. The van der Waals surface area contributed by atoms with E-state index in [4.69, 9.17) is 0 Å². The molecule has 0 fully saturated rings. The molecule has 0 spiro atoms. The van der Waals surface area contributed by atoms with E-state index >= 15 is 0 Å². The summed E-state index contributed by atoms with van der Waals surface area (Å²) >= 11 is 0. The molecule has 0 aliphatic carbocycles. The van der Waals surface area contributed by atoms with Gasteiger partial charge < -0.3 is 5.32 Å². The van der Waals surface area contributed by atoms with Crippen LogP contribution in [-0.2, 0) is 23.6 Å². The van der Waals surface area contributed by atoms with Crippen LogP contribution in [0.4, 0.5) is 0 Å². The lowest BCUT2D eigenvalue weighted by Crippen LogP contribution is -2.28. The summed E-state index contributed by atoms with van der Waals surface area (Å²) in [6.07, 6.45) is 2.27. The highest BCUT2D eigenvalue weighted by Crippen LogP contribution is 1.97. The van der Waals surface area contributed by atoms with Crippen molar-refractivity contribution in [3.8, 4) is 0 Å². The minimum atomic E-state index is -3.19. The maximum Gasteiger partial charge on any atom is 0.211 e. The van der Waals surface area contributed by atoms with E-state index in [-0.39, 0.29) is 5.75 Å². The lowest BCUT2D eigenvalue weighted by Gasteiger charge is -2.07. The molecule has 1 rings (SSSR count). The Morgan fingerprint density at radius 3 is 2.82 bits per heavy atom. The van der Waals surface area contributed by atoms with Gasteiger partial charge in [0.05, 0.1) is 18.0 Å². The van der Waals surface area contributed by atoms with Gasteiger partial charge in [0.25, 0.3) is 0 Å². The van der Waals surface area contributed by atoms with E-state index in [1.165, 1.54) is 0 Å². The van der Waals surface area contributed by atoms with Crippen molar-refractivity contribution in [3.63, 3.8) is 0 Å². The third kappa shape index (κ3) is 5.29. The molecule has 17 heavy (non-hydrogen) atoms. The first-order valence-electron chi connectivity index (χ1n) is 5.70. The van der Waals surface area contributed by atoms with Gasteiger partial charge in [0.2, 0.25) is 10.0 Å². The fourth-order valence-electron chi connectivity index (χ4n) is 1.39. The van der Waals surface area contributed by atoms with Gasteiger partial charge in [-0.15, -0.1) is 0 Å². The number of hydrogen-bond acceptors (Lipinski definition) is 4. The second-order valence-electron chi connectivity index (χ2n) is 3.79. The number of aromatic nitrogens is 2. The van der Waals surface area contributed by atoms with Gasteiger partial charge in [-0.1, -0.05) is 6.92 Å². The number of hydrogen-bond donors (Lipinski definition) is 2. The lowest BCUT2D eigenvalue weighted by molar-refractivity contribution is 0.572. The number of aryl methyl sites for hydroxylation is 1. The van der Waals surface area contributed by atoms with Crippen LogP contribution in [0.2, 0.25) is 0 Å². The molecule has 1 heterocycles. The van der Waals surface area contributed by atoms with E-state index in [1.54, 1.807) is 24.0 Å². The molecule has 0 aliphatic rings. The van der Waals surface area contributed by atoms with E-state index in [9.17, 15) is 8.42 Å². The summed E-state index contributed by atoms with van der Waals surface area (Å²) in [5.41, 5.74) is 0.847. The van der Waals surface area contributed by atoms with Crippen LogP contribution in [-0.4, -0.2) is 37.0 Å². The molecule has 0 saturated carbocycles. The Balaban J connectivity index is 2.32. The Bertz CT molecular complexity index is 427. The summed E-state index contributed by atoms with van der Waals surface area (Å²) in [6.45, 7) is 3.88. The zero-order valence-electron chi connectivity index (χ0n) is 10.3. The monoisotopic (exact) mass is 260 g/mol. The quantitative estimate of drug-likeness (QED) is 0.637. The molecule has 1 aromatic heterocycles. The number of sulfonamides is 1. The zero-order valence-corrected chi connectivity index (χ0v) is 11.1. The van der Waals surface area contributed by atoms with Crippen LogP contribution in [0.5, 0.6) is 0 Å². The normalized spacial score (nSPS) is 11.9. The van der Waals surface area contributed by atoms with Crippen LogP contribution in [0, 0.1) is 0 Å². The van der Waals surface area contributed by atoms with E-state index in [2.05, 4.69) is 15.1 Å². The average molecular weight is 260 g/mol. The van der Waals surface area contributed by atoms with E-state index in [0.29, 0.717) is 13.0 Å². The van der Waals surface area contributed by atoms with Gasteiger partial charge in [-0.2, -0.15) is 5.10 Å². The molecule has 1 aromatic rings. The molecule has 0 aliphatic heterocycles. The molecular formula is C10H20N4O2S. The fraction of sp³-hybridized carbons (Fsp3) is 0.700. The molecule has 0 radical (unpaired) electrons. The second kappa shape index (κ2) is 6.73. The molecule has 0 amide bonds. The highest BCUT2D eigenvalue weighted by molar-refractivity contribution is 7.89. The predicted octanol–water partition coefficient (Wildman–Crippen LogP) is -0.161. The molecular weight excluding hydrogens is 240 g/mol. The van der Waals surface area contributed by atoms with Crippen molar-refractivity contribution in [3.05, 3.63) is 18.0 Å². The average Bonchev–Trinajstić information content (AvgIpc) is 2.68. The number of rotatable bonds is 8. The van der Waals surface area contributed by atoms with Crippen LogP contribution in [0.15, 0.2) is 12.3 Å². The Kier molecular flexibility index (Phi) is 5.60. The Hall–Kier alpha value is -0.920. The molecule has 0 saturated heterocycles. The van der Waals surface area contributed by atoms with Crippen LogP contribution in [0.1, 0.15) is 19.0 Å². The van der Waals surface area contributed by atoms with Gasteiger partial charge in [0.15, 0.2) is 0 Å². The summed E-state index contributed by atoms with van der Waals surface area (Å²) < 4.78 is 27.5. The van der Waals surface area contributed by atoms with Gasteiger partial charge in [0.1, 0.15) is 0 Å². The van der Waals surface area contributed by atoms with Crippen LogP contribution >= 0.6 is 0 Å². The lowest BCUT2D eigenvalue weighted by atomic mass is 10.4. The third-order valence-electron chi connectivity index (χ3n) is 2.41. The molecule has 0 bridgehead atoms. The van der Waals surface area contributed by atoms with E-state index < -0.39 is 10.0 Å². The van der Waals surface area contributed by atoms with Crippen molar-refractivity contribution in [1.82, 2.24) is 19.8 Å². The summed E-state index contributed by atoms with van der Waals surface area (Å²) in [6, 6.07) is 1.79. The predicted molar refractivity (Wildman–Crippen MR) is 67.0 cm³/mol. The summed E-state index contributed by atoms with van der Waals surface area (Å²) in [4.78, 5) is 0. The molecule has 7 heteroatoms. The van der Waals surface area contributed by atoms with Crippen molar-refractivity contribution in [1.29, 1.82) is 0 Å². The minimum Gasteiger partial charge on any atom is -0.317 e. The smallest absolute Gasteiger partial charge is 0.211 e. The molecule has 6 nitrogen and oxygen atoms in total. The maximum atomic E-state index is 11.6. The molecule has 2 N–H and O–H groups in total. The Labute approximate surface area is 102 Å². The zero-order chi connectivity index (χ0) is 12.7. The van der Waals surface area contributed by atoms with Gasteiger partial charge >= 0.3 is 0 Å². The SMILES string of the molecule is CCNCCCS(=O)(=O)NCc1ccnn1C. The highest BCUT2D eigenvalue weighted by Gasteiger charge is 2.10. The molecule has 0 aromatic carbocycles. The first-order valence-corrected chi connectivity index (χ1v) is 7.35. The second-order valence-corrected chi connectivity index (χ2v) is 5.72. The van der Waals surface area contributed by atoms with Crippen molar-refractivity contribution >= 4 is 10.0 Å². The van der Waals surface area contributed by atoms with Gasteiger partial charge in [-0.3, -0.25) is 4.68 Å². The van der Waals surface area contributed by atoms with E-state index in [0.717, 1.165) is 18.8 Å². The van der Waals surface area contributed by atoms with Crippen LogP contribution in [0.25, 0.3) is 0 Å². The first-order chi connectivity index (χ1) is 8.05. The topological polar surface area (TPSA) is 76.0 Å². The van der Waals surface area contributed by atoms with Crippen molar-refractivity contribution in [2.24, 2.45) is 7.05 Å². The van der Waals surface area contributed by atoms with Gasteiger partial charge in [-0.05, 0) is 25.6 Å². The summed E-state index contributed by atoms with van der Waals surface area (Å²) in [5, 5.41) is 7.07. The minimum absolute atomic E-state index is 0.151. The molecule has 0 atom stereocenters. The van der Waals surface area contributed by atoms with Crippen LogP contribution in [0.3, 0.4) is 0 Å². The third-order valence-corrected chi connectivity index (χ3v) is 3.82. The largest absolute Gasteiger partial charge is 0.317 e. The maximum absolute atomic E-state index is 11.6. The first kappa shape index (κ1) is 14.1. The number of nitrogens with zero attached hydrogens (tertiary/aromatic N) is 2. The standard InChI is InChI=1S/C10H20N4O2S/c1-3-11-6-4-8-17(15,16)13-9-10-5-7-12-14(10)2/h5,7,11,13H,3-4,6,8-9H2,1-2H3. The fourth-order valence-corrected chi connectivity index (χ4v) is 2.43. The Morgan fingerprint density at radius 2 is 2.24 bits per heavy atom.